The summed E-state index contributed by atoms with van der Waals surface area (Å²) in [4.78, 5) is 0. The number of rotatable bonds is 1. The first-order valence-corrected chi connectivity index (χ1v) is 6.49. The molecule has 0 unspecified atom stereocenters. The fraction of sp³-hybridized carbons (Fsp3) is 0.182. The first-order chi connectivity index (χ1) is 8.16. The number of halogens is 3. The molecule has 0 amide bonds. The van der Waals surface area contributed by atoms with Gasteiger partial charge in [-0.05, 0) is 12.1 Å². The minimum atomic E-state index is -0.666. The van der Waals surface area contributed by atoms with Crippen LogP contribution in [-0.4, -0.2) is 9.78 Å². The van der Waals surface area contributed by atoms with Crippen molar-refractivity contribution in [2.24, 2.45) is 0 Å². The predicted molar refractivity (Wildman–Crippen MR) is 63.5 cm³/mol. The molecule has 2 aromatic rings. The van der Waals surface area contributed by atoms with E-state index in [0.29, 0.717) is 5.15 Å². The highest BCUT2D eigenvalue weighted by atomic mass is 35.5. The van der Waals surface area contributed by atoms with E-state index in [1.165, 1.54) is 16.8 Å². The molecule has 17 heavy (non-hydrogen) atoms. The van der Waals surface area contributed by atoms with Crippen molar-refractivity contribution in [2.75, 3.05) is 0 Å². The molecule has 6 heteroatoms. The molecule has 0 radical (unpaired) electrons. The Labute approximate surface area is 106 Å². The molecule has 1 aliphatic heterocycles. The van der Waals surface area contributed by atoms with E-state index in [9.17, 15) is 8.78 Å². The van der Waals surface area contributed by atoms with Crippen molar-refractivity contribution in [1.29, 1.82) is 0 Å². The molecule has 0 atom stereocenters. The van der Waals surface area contributed by atoms with Crippen molar-refractivity contribution < 1.29 is 8.78 Å². The van der Waals surface area contributed by atoms with Crippen molar-refractivity contribution >= 4 is 23.4 Å². The SMILES string of the molecule is Fc1ccc(-n2nc3c(c2Cl)CSC3)c(F)c1. The van der Waals surface area contributed by atoms with E-state index in [1.54, 1.807) is 11.8 Å². The number of thioether (sulfide) groups is 1. The van der Waals surface area contributed by atoms with Crippen LogP contribution in [0.3, 0.4) is 0 Å². The molecule has 2 nitrogen and oxygen atoms in total. The van der Waals surface area contributed by atoms with Crippen LogP contribution in [0.1, 0.15) is 11.3 Å². The first kappa shape index (κ1) is 11.0. The van der Waals surface area contributed by atoms with Crippen molar-refractivity contribution in [2.45, 2.75) is 11.5 Å². The monoisotopic (exact) mass is 272 g/mol. The summed E-state index contributed by atoms with van der Waals surface area (Å²) >= 11 is 7.86. The maximum atomic E-state index is 13.6. The Morgan fingerprint density at radius 1 is 1.29 bits per heavy atom. The zero-order valence-electron chi connectivity index (χ0n) is 8.58. The van der Waals surface area contributed by atoms with Crippen LogP contribution in [0.25, 0.3) is 5.69 Å². The molecule has 0 bridgehead atoms. The third-order valence-corrected chi connectivity index (χ3v) is 3.99. The Bertz CT molecular complexity index is 597. The first-order valence-electron chi connectivity index (χ1n) is 4.96. The van der Waals surface area contributed by atoms with Crippen LogP contribution in [0.4, 0.5) is 8.78 Å². The summed E-state index contributed by atoms with van der Waals surface area (Å²) < 4.78 is 27.8. The van der Waals surface area contributed by atoms with Crippen LogP contribution in [-0.2, 0) is 11.5 Å². The summed E-state index contributed by atoms with van der Waals surface area (Å²) in [6.45, 7) is 0. The zero-order chi connectivity index (χ0) is 12.0. The number of nitrogens with zero attached hydrogens (tertiary/aromatic N) is 2. The standard InChI is InChI=1S/C11H7ClF2N2S/c12-11-7-4-17-5-9(7)15-16(11)10-2-1-6(13)3-8(10)14/h1-3H,4-5H2. The maximum Gasteiger partial charge on any atom is 0.151 e. The molecule has 0 saturated carbocycles. The van der Waals surface area contributed by atoms with Gasteiger partial charge >= 0.3 is 0 Å². The van der Waals surface area contributed by atoms with Gasteiger partial charge in [0.25, 0.3) is 0 Å². The summed E-state index contributed by atoms with van der Waals surface area (Å²) in [5.74, 6) is 0.292. The highest BCUT2D eigenvalue weighted by molar-refractivity contribution is 7.98. The lowest BCUT2D eigenvalue weighted by Crippen LogP contribution is -2.01. The quantitative estimate of drug-likeness (QED) is 0.790. The third-order valence-electron chi connectivity index (χ3n) is 2.63. The van der Waals surface area contributed by atoms with Gasteiger partial charge in [0.05, 0.1) is 5.69 Å². The lowest BCUT2D eigenvalue weighted by Gasteiger charge is -2.05. The predicted octanol–water partition coefficient (Wildman–Crippen LogP) is 3.55. The van der Waals surface area contributed by atoms with Crippen LogP contribution < -0.4 is 0 Å². The molecule has 2 heterocycles. The second kappa shape index (κ2) is 3.99. The number of hydrogen-bond donors (Lipinski definition) is 0. The van der Waals surface area contributed by atoms with Gasteiger partial charge in [-0.25, -0.2) is 13.5 Å². The van der Waals surface area contributed by atoms with Crippen molar-refractivity contribution in [3.05, 3.63) is 46.2 Å². The average molecular weight is 273 g/mol. The van der Waals surface area contributed by atoms with Gasteiger partial charge in [0.15, 0.2) is 5.82 Å². The molecular weight excluding hydrogens is 266 g/mol. The largest absolute Gasteiger partial charge is 0.219 e. The average Bonchev–Trinajstić information content (AvgIpc) is 2.83. The van der Waals surface area contributed by atoms with E-state index in [1.807, 2.05) is 0 Å². The Balaban J connectivity index is 2.16. The van der Waals surface area contributed by atoms with Gasteiger partial charge in [-0.3, -0.25) is 0 Å². The molecule has 3 rings (SSSR count). The molecule has 88 valence electrons. The Hall–Kier alpha value is -1.07. The summed E-state index contributed by atoms with van der Waals surface area (Å²) in [6, 6.07) is 3.36. The lowest BCUT2D eigenvalue weighted by atomic mass is 10.3. The fourth-order valence-corrected chi connectivity index (χ4v) is 3.21. The van der Waals surface area contributed by atoms with Crippen LogP contribution >= 0.6 is 23.4 Å². The van der Waals surface area contributed by atoms with Crippen molar-refractivity contribution in [3.63, 3.8) is 0 Å². The second-order valence-electron chi connectivity index (χ2n) is 3.72. The lowest BCUT2D eigenvalue weighted by molar-refractivity contribution is 0.573. The fourth-order valence-electron chi connectivity index (χ4n) is 1.79. The minimum absolute atomic E-state index is 0.177. The Morgan fingerprint density at radius 3 is 2.82 bits per heavy atom. The molecular formula is C11H7ClF2N2S. The topological polar surface area (TPSA) is 17.8 Å². The molecule has 0 aliphatic carbocycles. The molecule has 0 saturated heterocycles. The second-order valence-corrected chi connectivity index (χ2v) is 5.06. The molecule has 1 aromatic heterocycles. The van der Waals surface area contributed by atoms with Gasteiger partial charge in [-0.1, -0.05) is 11.6 Å². The van der Waals surface area contributed by atoms with Gasteiger partial charge in [0.2, 0.25) is 0 Å². The smallest absolute Gasteiger partial charge is 0.151 e. The Morgan fingerprint density at radius 2 is 2.12 bits per heavy atom. The number of hydrogen-bond acceptors (Lipinski definition) is 2. The van der Waals surface area contributed by atoms with Gasteiger partial charge in [0, 0.05) is 23.1 Å². The molecule has 0 N–H and O–H groups in total. The van der Waals surface area contributed by atoms with Crippen LogP contribution in [0, 0.1) is 11.6 Å². The van der Waals surface area contributed by atoms with E-state index in [-0.39, 0.29) is 5.69 Å². The van der Waals surface area contributed by atoms with Crippen LogP contribution in [0.5, 0.6) is 0 Å². The molecule has 0 spiro atoms. The minimum Gasteiger partial charge on any atom is -0.219 e. The molecule has 0 fully saturated rings. The number of aromatic nitrogens is 2. The van der Waals surface area contributed by atoms with E-state index in [0.717, 1.165) is 28.8 Å². The normalized spacial score (nSPS) is 14.1. The van der Waals surface area contributed by atoms with Gasteiger partial charge in [-0.15, -0.1) is 0 Å². The van der Waals surface area contributed by atoms with E-state index in [2.05, 4.69) is 5.10 Å². The van der Waals surface area contributed by atoms with Crippen LogP contribution in [0.2, 0.25) is 5.15 Å². The van der Waals surface area contributed by atoms with Crippen molar-refractivity contribution in [1.82, 2.24) is 9.78 Å². The molecule has 1 aliphatic rings. The highest BCUT2D eigenvalue weighted by Gasteiger charge is 2.23. The van der Waals surface area contributed by atoms with Crippen molar-refractivity contribution in [3.8, 4) is 5.69 Å². The van der Waals surface area contributed by atoms with E-state index >= 15 is 0 Å². The number of benzene rings is 1. The highest BCUT2D eigenvalue weighted by Crippen LogP contribution is 2.35. The summed E-state index contributed by atoms with van der Waals surface area (Å²) in [5, 5.41) is 4.67. The number of fused-ring (bicyclic) bond motifs is 1. The van der Waals surface area contributed by atoms with Gasteiger partial charge < -0.3 is 0 Å². The molecule has 1 aromatic carbocycles. The van der Waals surface area contributed by atoms with Gasteiger partial charge in [0.1, 0.15) is 16.7 Å². The summed E-state index contributed by atoms with van der Waals surface area (Å²) in [7, 11) is 0. The third kappa shape index (κ3) is 1.73. The van der Waals surface area contributed by atoms with Gasteiger partial charge in [-0.2, -0.15) is 16.9 Å². The zero-order valence-corrected chi connectivity index (χ0v) is 10.2. The maximum absolute atomic E-state index is 13.6. The van der Waals surface area contributed by atoms with Crippen LogP contribution in [0.15, 0.2) is 18.2 Å². The summed E-state index contributed by atoms with van der Waals surface area (Å²) in [6.07, 6.45) is 0. The van der Waals surface area contributed by atoms with E-state index in [4.69, 9.17) is 11.6 Å². The Kier molecular flexibility index (Phi) is 2.60. The van der Waals surface area contributed by atoms with E-state index < -0.39 is 11.6 Å². The summed E-state index contributed by atoms with van der Waals surface area (Å²) in [5.41, 5.74) is 2.00.